The summed E-state index contributed by atoms with van der Waals surface area (Å²) in [4.78, 5) is 0. The number of nitrogens with one attached hydrogen (secondary N) is 1. The van der Waals surface area contributed by atoms with E-state index in [1.807, 2.05) is 0 Å². The fraction of sp³-hybridized carbons (Fsp3) is 0.0714. The monoisotopic (exact) mass is 298 g/mol. The Kier molecular flexibility index (Phi) is 3.80. The van der Waals surface area contributed by atoms with Crippen molar-refractivity contribution in [1.82, 2.24) is 0 Å². The second-order valence-electron chi connectivity index (χ2n) is 4.15. The average Bonchev–Trinajstić information content (AvgIpc) is 2.36. The number of hydrogen-bond acceptors (Lipinski definition) is 2. The molecule has 2 nitrogen and oxygen atoms in total. The minimum Gasteiger partial charge on any atom is -0.355 e. The number of rotatable bonds is 2. The summed E-state index contributed by atoms with van der Waals surface area (Å²) in [6.45, 7) is 0. The van der Waals surface area contributed by atoms with Crippen molar-refractivity contribution in [1.29, 1.82) is 5.26 Å². The van der Waals surface area contributed by atoms with Crippen molar-refractivity contribution >= 4 is 11.4 Å². The van der Waals surface area contributed by atoms with Gasteiger partial charge < -0.3 is 5.32 Å². The molecule has 21 heavy (non-hydrogen) atoms. The van der Waals surface area contributed by atoms with Crippen LogP contribution in [0.1, 0.15) is 11.1 Å². The summed E-state index contributed by atoms with van der Waals surface area (Å²) in [5.41, 5.74) is -1.72. The lowest BCUT2D eigenvalue weighted by molar-refractivity contribution is -0.137. The van der Waals surface area contributed by atoms with Crippen LogP contribution in [-0.4, -0.2) is 0 Å². The van der Waals surface area contributed by atoms with Crippen LogP contribution < -0.4 is 5.32 Å². The van der Waals surface area contributed by atoms with Gasteiger partial charge in [-0.15, -0.1) is 0 Å². The Morgan fingerprint density at radius 1 is 0.905 bits per heavy atom. The lowest BCUT2D eigenvalue weighted by atomic mass is 10.1. The highest BCUT2D eigenvalue weighted by molar-refractivity contribution is 5.62. The molecule has 0 spiro atoms. The maximum atomic E-state index is 13.0. The summed E-state index contributed by atoms with van der Waals surface area (Å²) >= 11 is 0. The minimum absolute atomic E-state index is 0.0358. The van der Waals surface area contributed by atoms with E-state index in [1.54, 1.807) is 0 Å². The first kappa shape index (κ1) is 14.8. The molecule has 0 saturated heterocycles. The van der Waals surface area contributed by atoms with Crippen molar-refractivity contribution in [2.45, 2.75) is 6.18 Å². The molecular weight excluding hydrogens is 291 g/mol. The summed E-state index contributed by atoms with van der Waals surface area (Å²) in [6.07, 6.45) is -4.70. The van der Waals surface area contributed by atoms with Gasteiger partial charge in [-0.1, -0.05) is 0 Å². The Bertz CT molecular complexity index is 696. The number of anilines is 2. The molecule has 1 N–H and O–H groups in total. The van der Waals surface area contributed by atoms with E-state index in [0.717, 1.165) is 18.2 Å². The van der Waals surface area contributed by atoms with Crippen LogP contribution in [0.25, 0.3) is 0 Å². The second kappa shape index (κ2) is 5.40. The Hall–Kier alpha value is -2.62. The highest BCUT2D eigenvalue weighted by Gasteiger charge is 2.33. The minimum atomic E-state index is -4.70. The number of nitriles is 1. The summed E-state index contributed by atoms with van der Waals surface area (Å²) in [7, 11) is 0. The molecule has 0 unspecified atom stereocenters. The molecule has 0 saturated carbocycles. The third kappa shape index (κ3) is 3.48. The largest absolute Gasteiger partial charge is 0.417 e. The zero-order valence-electron chi connectivity index (χ0n) is 10.3. The first-order valence-corrected chi connectivity index (χ1v) is 5.64. The molecule has 0 aliphatic heterocycles. The number of nitrogens with zero attached hydrogens (tertiary/aromatic N) is 1. The zero-order valence-corrected chi connectivity index (χ0v) is 10.3. The molecule has 0 radical (unpaired) electrons. The standard InChI is InChI=1S/C14H7F5N2/c15-9-3-10(16)5-12(4-9)21-11-2-1-8(7-20)13(6-11)14(17,18)19/h1-6,21H. The van der Waals surface area contributed by atoms with E-state index < -0.39 is 28.9 Å². The highest BCUT2D eigenvalue weighted by Crippen LogP contribution is 2.34. The first-order valence-electron chi connectivity index (χ1n) is 5.64. The van der Waals surface area contributed by atoms with Crippen molar-refractivity contribution in [3.05, 3.63) is 59.2 Å². The van der Waals surface area contributed by atoms with Crippen molar-refractivity contribution in [2.75, 3.05) is 5.32 Å². The smallest absolute Gasteiger partial charge is 0.355 e. The third-order valence-electron chi connectivity index (χ3n) is 2.60. The maximum Gasteiger partial charge on any atom is 0.417 e. The van der Waals surface area contributed by atoms with Crippen molar-refractivity contribution in [2.24, 2.45) is 0 Å². The summed E-state index contributed by atoms with van der Waals surface area (Å²) < 4.78 is 64.4. The van der Waals surface area contributed by atoms with Crippen LogP contribution in [0.15, 0.2) is 36.4 Å². The predicted molar refractivity (Wildman–Crippen MR) is 65.8 cm³/mol. The van der Waals surface area contributed by atoms with E-state index in [2.05, 4.69) is 5.32 Å². The zero-order chi connectivity index (χ0) is 15.6. The van der Waals surface area contributed by atoms with E-state index in [-0.39, 0.29) is 11.4 Å². The summed E-state index contributed by atoms with van der Waals surface area (Å²) in [5, 5.41) is 11.1. The molecule has 0 fully saturated rings. The van der Waals surface area contributed by atoms with Crippen molar-refractivity contribution in [3.63, 3.8) is 0 Å². The lowest BCUT2D eigenvalue weighted by Gasteiger charge is -2.12. The van der Waals surface area contributed by atoms with Gasteiger partial charge in [0.15, 0.2) is 0 Å². The van der Waals surface area contributed by atoms with E-state index in [0.29, 0.717) is 12.1 Å². The van der Waals surface area contributed by atoms with Crippen molar-refractivity contribution in [3.8, 4) is 6.07 Å². The van der Waals surface area contributed by atoms with Gasteiger partial charge in [-0.2, -0.15) is 18.4 Å². The van der Waals surface area contributed by atoms with Gasteiger partial charge in [0.05, 0.1) is 17.2 Å². The predicted octanol–water partition coefficient (Wildman–Crippen LogP) is 4.60. The van der Waals surface area contributed by atoms with Gasteiger partial charge in [-0.25, -0.2) is 8.78 Å². The topological polar surface area (TPSA) is 35.8 Å². The SMILES string of the molecule is N#Cc1ccc(Nc2cc(F)cc(F)c2)cc1C(F)(F)F. The molecule has 0 amide bonds. The molecule has 7 heteroatoms. The summed E-state index contributed by atoms with van der Waals surface area (Å²) in [6, 6.07) is 6.88. The van der Waals surface area contributed by atoms with Gasteiger partial charge in [-0.05, 0) is 30.3 Å². The second-order valence-corrected chi connectivity index (χ2v) is 4.15. The number of halogens is 5. The molecule has 0 aliphatic rings. The van der Waals surface area contributed by atoms with Gasteiger partial charge >= 0.3 is 6.18 Å². The molecule has 2 aromatic carbocycles. The lowest BCUT2D eigenvalue weighted by Crippen LogP contribution is -2.08. The van der Waals surface area contributed by atoms with Crippen LogP contribution in [-0.2, 0) is 6.18 Å². The van der Waals surface area contributed by atoms with Crippen LogP contribution in [0.3, 0.4) is 0 Å². The first-order chi connectivity index (χ1) is 9.79. The number of alkyl halides is 3. The van der Waals surface area contributed by atoms with Gasteiger partial charge in [0.25, 0.3) is 0 Å². The molecule has 0 atom stereocenters. The molecule has 2 aromatic rings. The number of benzene rings is 2. The fourth-order valence-electron chi connectivity index (χ4n) is 1.75. The third-order valence-corrected chi connectivity index (χ3v) is 2.60. The average molecular weight is 298 g/mol. The van der Waals surface area contributed by atoms with E-state index in [4.69, 9.17) is 5.26 Å². The quantitative estimate of drug-likeness (QED) is 0.822. The van der Waals surface area contributed by atoms with E-state index in [1.165, 1.54) is 12.1 Å². The van der Waals surface area contributed by atoms with Gasteiger partial charge in [0.1, 0.15) is 11.6 Å². The van der Waals surface area contributed by atoms with Crippen LogP contribution in [0.4, 0.5) is 33.3 Å². The molecular formula is C14H7F5N2. The Morgan fingerprint density at radius 3 is 2.05 bits per heavy atom. The Labute approximate surface area is 116 Å². The van der Waals surface area contributed by atoms with Crippen LogP contribution in [0.2, 0.25) is 0 Å². The highest BCUT2D eigenvalue weighted by atomic mass is 19.4. The fourth-order valence-corrected chi connectivity index (χ4v) is 1.75. The number of hydrogen-bond donors (Lipinski definition) is 1. The molecule has 2 rings (SSSR count). The van der Waals surface area contributed by atoms with Gasteiger partial charge in [0.2, 0.25) is 0 Å². The molecule has 0 aromatic heterocycles. The van der Waals surface area contributed by atoms with Crippen LogP contribution >= 0.6 is 0 Å². The molecule has 0 heterocycles. The maximum absolute atomic E-state index is 13.0. The molecule has 0 bridgehead atoms. The van der Waals surface area contributed by atoms with Gasteiger partial charge in [0, 0.05) is 17.4 Å². The van der Waals surface area contributed by atoms with E-state index >= 15 is 0 Å². The van der Waals surface area contributed by atoms with E-state index in [9.17, 15) is 22.0 Å². The Morgan fingerprint density at radius 2 is 1.52 bits per heavy atom. The Balaban J connectivity index is 2.40. The molecule has 108 valence electrons. The van der Waals surface area contributed by atoms with Crippen LogP contribution in [0.5, 0.6) is 0 Å². The van der Waals surface area contributed by atoms with Gasteiger partial charge in [-0.3, -0.25) is 0 Å². The van der Waals surface area contributed by atoms with Crippen LogP contribution in [0, 0.1) is 23.0 Å². The summed E-state index contributed by atoms with van der Waals surface area (Å²) in [5.74, 6) is -1.72. The molecule has 0 aliphatic carbocycles. The van der Waals surface area contributed by atoms with Crippen molar-refractivity contribution < 1.29 is 22.0 Å². The normalized spacial score (nSPS) is 11.0.